The van der Waals surface area contributed by atoms with E-state index in [4.69, 9.17) is 14.2 Å². The lowest BCUT2D eigenvalue weighted by Crippen LogP contribution is -2.41. The Morgan fingerprint density at radius 3 is 2.46 bits per heavy atom. The van der Waals surface area contributed by atoms with Crippen LogP contribution in [-0.4, -0.2) is 67.6 Å². The standard InChI is InChI=1S/C26H25FN4O6/c1-3-37-26(34)23-19-10-11-30(17-6-4-16(5-7-17)29-12-13-36-15-22(29)32)25(33)24(19)31(28-23)21-9-8-18(35-2)14-20(21)27/h4-9,14H,3,10-13,15H2,1-2H3. The minimum absolute atomic E-state index is 0.00368. The van der Waals surface area contributed by atoms with E-state index in [9.17, 15) is 14.4 Å². The minimum atomic E-state index is -0.674. The fraction of sp³-hybridized carbons (Fsp3) is 0.308. The highest BCUT2D eigenvalue weighted by atomic mass is 19.1. The van der Waals surface area contributed by atoms with Gasteiger partial charge in [-0.25, -0.2) is 13.9 Å². The Labute approximate surface area is 212 Å². The first-order valence-electron chi connectivity index (χ1n) is 11.9. The van der Waals surface area contributed by atoms with Crippen LogP contribution >= 0.6 is 0 Å². The predicted octanol–water partition coefficient (Wildman–Crippen LogP) is 2.76. The number of carbonyl (C=O) groups excluding carboxylic acids is 3. The highest BCUT2D eigenvalue weighted by Gasteiger charge is 2.36. The third-order valence-electron chi connectivity index (χ3n) is 6.33. The fourth-order valence-corrected chi connectivity index (χ4v) is 4.53. The lowest BCUT2D eigenvalue weighted by atomic mass is 10.0. The van der Waals surface area contributed by atoms with Crippen LogP contribution in [0.25, 0.3) is 5.69 Å². The van der Waals surface area contributed by atoms with Gasteiger partial charge in [-0.1, -0.05) is 0 Å². The summed E-state index contributed by atoms with van der Waals surface area (Å²) in [5.41, 5.74) is 1.79. The van der Waals surface area contributed by atoms with E-state index in [2.05, 4.69) is 5.10 Å². The molecule has 1 fully saturated rings. The number of carbonyl (C=O) groups is 3. The van der Waals surface area contributed by atoms with Gasteiger partial charge in [-0.15, -0.1) is 0 Å². The molecular formula is C26H25FN4O6. The molecule has 0 radical (unpaired) electrons. The summed E-state index contributed by atoms with van der Waals surface area (Å²) in [5, 5.41) is 4.32. The van der Waals surface area contributed by atoms with Gasteiger partial charge in [-0.05, 0) is 49.7 Å². The lowest BCUT2D eigenvalue weighted by Gasteiger charge is -2.29. The van der Waals surface area contributed by atoms with Gasteiger partial charge < -0.3 is 24.0 Å². The number of morpholine rings is 1. The zero-order valence-corrected chi connectivity index (χ0v) is 20.4. The Morgan fingerprint density at radius 2 is 1.81 bits per heavy atom. The summed E-state index contributed by atoms with van der Waals surface area (Å²) < 4.78 is 31.6. The average molecular weight is 509 g/mol. The van der Waals surface area contributed by atoms with E-state index in [1.165, 1.54) is 19.2 Å². The molecule has 3 aromatic rings. The van der Waals surface area contributed by atoms with Gasteiger partial charge in [0, 0.05) is 36.1 Å². The topological polar surface area (TPSA) is 103 Å². The van der Waals surface area contributed by atoms with Crippen LogP contribution in [-0.2, 0) is 20.7 Å². The normalized spacial score (nSPS) is 15.5. The molecule has 10 nitrogen and oxygen atoms in total. The molecule has 192 valence electrons. The third kappa shape index (κ3) is 4.42. The highest BCUT2D eigenvalue weighted by Crippen LogP contribution is 2.31. The number of ether oxygens (including phenoxy) is 3. The summed E-state index contributed by atoms with van der Waals surface area (Å²) >= 11 is 0. The second kappa shape index (κ2) is 10.0. The molecule has 0 aliphatic carbocycles. The van der Waals surface area contributed by atoms with Crippen LogP contribution in [0.15, 0.2) is 42.5 Å². The van der Waals surface area contributed by atoms with Crippen LogP contribution in [0.4, 0.5) is 15.8 Å². The first-order valence-corrected chi connectivity index (χ1v) is 11.9. The van der Waals surface area contributed by atoms with Crippen LogP contribution in [0.5, 0.6) is 5.75 Å². The smallest absolute Gasteiger partial charge is 0.359 e. The molecular weight excluding hydrogens is 483 g/mol. The molecule has 11 heteroatoms. The Morgan fingerprint density at radius 1 is 1.08 bits per heavy atom. The number of amides is 2. The summed E-state index contributed by atoms with van der Waals surface area (Å²) in [6, 6.07) is 11.2. The van der Waals surface area contributed by atoms with Gasteiger partial charge in [0.2, 0.25) is 0 Å². The zero-order valence-electron chi connectivity index (χ0n) is 20.4. The largest absolute Gasteiger partial charge is 0.497 e. The first kappa shape index (κ1) is 24.4. The monoisotopic (exact) mass is 508 g/mol. The van der Waals surface area contributed by atoms with E-state index in [0.29, 0.717) is 42.3 Å². The number of benzene rings is 2. The molecule has 2 aliphatic heterocycles. The molecule has 0 atom stereocenters. The van der Waals surface area contributed by atoms with Crippen LogP contribution in [0, 0.1) is 5.82 Å². The molecule has 3 heterocycles. The molecule has 0 N–H and O–H groups in total. The molecule has 0 saturated carbocycles. The van der Waals surface area contributed by atoms with Crippen LogP contribution in [0.2, 0.25) is 0 Å². The second-order valence-electron chi connectivity index (χ2n) is 8.45. The van der Waals surface area contributed by atoms with E-state index < -0.39 is 17.7 Å². The molecule has 37 heavy (non-hydrogen) atoms. The van der Waals surface area contributed by atoms with Gasteiger partial charge in [0.15, 0.2) is 11.5 Å². The van der Waals surface area contributed by atoms with E-state index in [1.54, 1.807) is 47.1 Å². The molecule has 1 aromatic heterocycles. The van der Waals surface area contributed by atoms with Crippen molar-refractivity contribution in [1.82, 2.24) is 9.78 Å². The van der Waals surface area contributed by atoms with Crippen molar-refractivity contribution in [3.05, 3.63) is 65.2 Å². The predicted molar refractivity (Wildman–Crippen MR) is 131 cm³/mol. The maximum Gasteiger partial charge on any atom is 0.359 e. The maximum absolute atomic E-state index is 15.0. The van der Waals surface area contributed by atoms with Gasteiger partial charge in [0.25, 0.3) is 11.8 Å². The summed E-state index contributed by atoms with van der Waals surface area (Å²) in [4.78, 5) is 41.7. The summed E-state index contributed by atoms with van der Waals surface area (Å²) in [5.74, 6) is -1.60. The van der Waals surface area contributed by atoms with Gasteiger partial charge in [0.1, 0.15) is 23.7 Å². The maximum atomic E-state index is 15.0. The highest BCUT2D eigenvalue weighted by molar-refractivity contribution is 6.09. The Kier molecular flexibility index (Phi) is 6.62. The minimum Gasteiger partial charge on any atom is -0.497 e. The summed E-state index contributed by atoms with van der Waals surface area (Å²) in [6.07, 6.45) is 0.316. The number of aromatic nitrogens is 2. The first-order chi connectivity index (χ1) is 17.9. The number of anilines is 2. The van der Waals surface area contributed by atoms with Crippen molar-refractivity contribution in [2.24, 2.45) is 0 Å². The average Bonchev–Trinajstić information content (AvgIpc) is 3.30. The number of hydrogen-bond donors (Lipinski definition) is 0. The lowest BCUT2D eigenvalue weighted by molar-refractivity contribution is -0.125. The quantitative estimate of drug-likeness (QED) is 0.472. The van der Waals surface area contributed by atoms with Crippen molar-refractivity contribution in [2.75, 3.05) is 49.8 Å². The molecule has 2 amide bonds. The summed E-state index contributed by atoms with van der Waals surface area (Å²) in [6.45, 7) is 3.03. The van der Waals surface area contributed by atoms with E-state index >= 15 is 4.39 Å². The number of nitrogens with zero attached hydrogens (tertiary/aromatic N) is 4. The Bertz CT molecular complexity index is 1370. The molecule has 0 bridgehead atoms. The molecule has 5 rings (SSSR count). The van der Waals surface area contributed by atoms with Crippen molar-refractivity contribution in [1.29, 1.82) is 0 Å². The van der Waals surface area contributed by atoms with Gasteiger partial charge >= 0.3 is 5.97 Å². The molecule has 0 unspecified atom stereocenters. The van der Waals surface area contributed by atoms with E-state index in [0.717, 1.165) is 4.68 Å². The van der Waals surface area contributed by atoms with E-state index in [1.807, 2.05) is 0 Å². The third-order valence-corrected chi connectivity index (χ3v) is 6.33. The number of esters is 1. The Balaban J connectivity index is 1.53. The number of methoxy groups -OCH3 is 1. The van der Waals surface area contributed by atoms with Gasteiger partial charge in [0.05, 0.1) is 20.3 Å². The number of halogens is 1. The molecule has 0 spiro atoms. The number of fused-ring (bicyclic) bond motifs is 1. The van der Waals surface area contributed by atoms with Crippen LogP contribution < -0.4 is 14.5 Å². The van der Waals surface area contributed by atoms with Crippen LogP contribution in [0.1, 0.15) is 33.5 Å². The van der Waals surface area contributed by atoms with Crippen molar-refractivity contribution in [3.63, 3.8) is 0 Å². The van der Waals surface area contributed by atoms with Crippen LogP contribution in [0.3, 0.4) is 0 Å². The molecule has 2 aromatic carbocycles. The fourth-order valence-electron chi connectivity index (χ4n) is 4.53. The number of rotatable bonds is 6. The Hall–Kier alpha value is -4.25. The molecule has 2 aliphatic rings. The molecule has 1 saturated heterocycles. The van der Waals surface area contributed by atoms with Gasteiger partial charge in [-0.3, -0.25) is 9.59 Å². The van der Waals surface area contributed by atoms with E-state index in [-0.39, 0.29) is 42.7 Å². The van der Waals surface area contributed by atoms with Crippen molar-refractivity contribution >= 4 is 29.2 Å². The van der Waals surface area contributed by atoms with Gasteiger partial charge in [-0.2, -0.15) is 5.10 Å². The zero-order chi connectivity index (χ0) is 26.1. The van der Waals surface area contributed by atoms with Crippen molar-refractivity contribution in [3.8, 4) is 11.4 Å². The van der Waals surface area contributed by atoms with Crippen molar-refractivity contribution < 1.29 is 33.0 Å². The van der Waals surface area contributed by atoms with Crippen molar-refractivity contribution in [2.45, 2.75) is 13.3 Å². The second-order valence-corrected chi connectivity index (χ2v) is 8.45. The SMILES string of the molecule is CCOC(=O)c1nn(-c2ccc(OC)cc2F)c2c1CCN(c1ccc(N3CCOCC3=O)cc1)C2=O. The number of hydrogen-bond acceptors (Lipinski definition) is 7. The summed E-state index contributed by atoms with van der Waals surface area (Å²) in [7, 11) is 1.42.